The molecule has 2 atom stereocenters. The predicted octanol–water partition coefficient (Wildman–Crippen LogP) is 1.73. The second-order valence-electron chi connectivity index (χ2n) is 4.06. The molecule has 0 aliphatic carbocycles. The quantitative estimate of drug-likeness (QED) is 0.762. The van der Waals surface area contributed by atoms with Crippen molar-refractivity contribution in [3.63, 3.8) is 0 Å². The Morgan fingerprint density at radius 3 is 3.00 bits per heavy atom. The third-order valence-corrected chi connectivity index (χ3v) is 4.76. The highest BCUT2D eigenvalue weighted by molar-refractivity contribution is 7.84. The molecule has 5 nitrogen and oxygen atoms in total. The van der Waals surface area contributed by atoms with Gasteiger partial charge in [0.1, 0.15) is 0 Å². The van der Waals surface area contributed by atoms with Gasteiger partial charge in [-0.1, -0.05) is 6.92 Å². The maximum atomic E-state index is 11.2. The summed E-state index contributed by atoms with van der Waals surface area (Å²) in [7, 11) is -0.794. The molecule has 0 spiro atoms. The van der Waals surface area contributed by atoms with Gasteiger partial charge >= 0.3 is 5.97 Å². The molecule has 0 saturated heterocycles. The number of aromatic nitrogens is 1. The van der Waals surface area contributed by atoms with Crippen LogP contribution in [0.1, 0.15) is 25.5 Å². The van der Waals surface area contributed by atoms with Gasteiger partial charge in [-0.15, -0.1) is 11.3 Å². The van der Waals surface area contributed by atoms with E-state index in [9.17, 15) is 9.00 Å². The van der Waals surface area contributed by atoms with Gasteiger partial charge in [0.15, 0.2) is 5.13 Å². The normalized spacial score (nSPS) is 14.1. The minimum atomic E-state index is -0.809. The van der Waals surface area contributed by atoms with E-state index in [2.05, 4.69) is 10.3 Å². The van der Waals surface area contributed by atoms with Crippen LogP contribution in [-0.4, -0.2) is 38.3 Å². The van der Waals surface area contributed by atoms with Crippen molar-refractivity contribution in [3.05, 3.63) is 11.1 Å². The molecular formula is C11H18N2O3S2. The minimum Gasteiger partial charge on any atom is -0.481 e. The van der Waals surface area contributed by atoms with Gasteiger partial charge in [-0.25, -0.2) is 4.98 Å². The van der Waals surface area contributed by atoms with Crippen molar-refractivity contribution in [2.24, 2.45) is 0 Å². The van der Waals surface area contributed by atoms with Gasteiger partial charge in [-0.2, -0.15) is 0 Å². The van der Waals surface area contributed by atoms with Crippen LogP contribution in [0.2, 0.25) is 0 Å². The maximum Gasteiger partial charge on any atom is 0.303 e. The summed E-state index contributed by atoms with van der Waals surface area (Å²) in [5.41, 5.74) is 0.803. The molecule has 0 fully saturated rings. The number of aryl methyl sites for hydroxylation is 1. The number of anilines is 1. The Morgan fingerprint density at radius 2 is 2.39 bits per heavy atom. The lowest BCUT2D eigenvalue weighted by Crippen LogP contribution is -2.14. The highest BCUT2D eigenvalue weighted by Gasteiger charge is 2.07. The molecule has 1 aromatic rings. The summed E-state index contributed by atoms with van der Waals surface area (Å²) in [5, 5.41) is 14.6. The summed E-state index contributed by atoms with van der Waals surface area (Å²) >= 11 is 1.47. The van der Waals surface area contributed by atoms with E-state index in [4.69, 9.17) is 5.11 Å². The fraction of sp³-hybridized carbons (Fsp3) is 0.636. The molecule has 7 heteroatoms. The maximum absolute atomic E-state index is 11.2. The summed E-state index contributed by atoms with van der Waals surface area (Å²) in [4.78, 5) is 14.7. The number of aliphatic carboxylic acids is 1. The van der Waals surface area contributed by atoms with E-state index in [1.54, 1.807) is 6.26 Å². The first-order valence-electron chi connectivity index (χ1n) is 5.71. The zero-order valence-electron chi connectivity index (χ0n) is 10.5. The van der Waals surface area contributed by atoms with Gasteiger partial charge in [-0.3, -0.25) is 9.00 Å². The van der Waals surface area contributed by atoms with E-state index in [1.807, 2.05) is 12.3 Å². The van der Waals surface area contributed by atoms with Crippen LogP contribution in [-0.2, 0) is 22.0 Å². The molecule has 0 bridgehead atoms. The van der Waals surface area contributed by atoms with Crippen LogP contribution >= 0.6 is 11.3 Å². The van der Waals surface area contributed by atoms with Crippen LogP contribution in [0.15, 0.2) is 5.38 Å². The fourth-order valence-electron chi connectivity index (χ4n) is 1.29. The van der Waals surface area contributed by atoms with Crippen molar-refractivity contribution < 1.29 is 14.1 Å². The van der Waals surface area contributed by atoms with Crippen molar-refractivity contribution in [3.8, 4) is 0 Å². The average molecular weight is 290 g/mol. The molecule has 0 aliphatic heterocycles. The Balaban J connectivity index is 2.31. The summed E-state index contributed by atoms with van der Waals surface area (Å²) in [6.45, 7) is 2.69. The molecule has 0 radical (unpaired) electrons. The highest BCUT2D eigenvalue weighted by atomic mass is 32.2. The third-order valence-electron chi connectivity index (χ3n) is 2.54. The van der Waals surface area contributed by atoms with Crippen molar-refractivity contribution in [2.75, 3.05) is 18.1 Å². The van der Waals surface area contributed by atoms with Crippen molar-refractivity contribution in [1.29, 1.82) is 0 Å². The first-order valence-corrected chi connectivity index (χ1v) is 8.21. The van der Waals surface area contributed by atoms with Gasteiger partial charge < -0.3 is 10.4 Å². The van der Waals surface area contributed by atoms with Crippen LogP contribution in [0.3, 0.4) is 0 Å². The van der Waals surface area contributed by atoms with Crippen LogP contribution in [0.25, 0.3) is 0 Å². The Hall–Kier alpha value is -0.950. The molecule has 2 N–H and O–H groups in total. The van der Waals surface area contributed by atoms with Gasteiger partial charge in [0.2, 0.25) is 0 Å². The summed E-state index contributed by atoms with van der Waals surface area (Å²) in [6.07, 6.45) is 3.10. The molecular weight excluding hydrogens is 272 g/mol. The lowest BCUT2D eigenvalue weighted by Gasteiger charge is -2.07. The molecule has 102 valence electrons. The second kappa shape index (κ2) is 7.48. The largest absolute Gasteiger partial charge is 0.481 e. The Labute approximate surface area is 113 Å². The van der Waals surface area contributed by atoms with E-state index < -0.39 is 16.8 Å². The molecule has 1 rings (SSSR count). The van der Waals surface area contributed by atoms with Gasteiger partial charge in [-0.05, 0) is 6.42 Å². The minimum absolute atomic E-state index is 0.106. The molecule has 2 unspecified atom stereocenters. The molecule has 18 heavy (non-hydrogen) atoms. The number of hydrogen-bond donors (Lipinski definition) is 2. The van der Waals surface area contributed by atoms with E-state index in [0.29, 0.717) is 6.42 Å². The van der Waals surface area contributed by atoms with Crippen molar-refractivity contribution in [1.82, 2.24) is 4.98 Å². The van der Waals surface area contributed by atoms with E-state index in [-0.39, 0.29) is 11.7 Å². The number of thiazole rings is 1. The molecule has 0 saturated carbocycles. The molecule has 0 aromatic carbocycles. The van der Waals surface area contributed by atoms with Crippen LogP contribution in [0.5, 0.6) is 0 Å². The third kappa shape index (κ3) is 5.59. The number of carbonyl (C=O) groups is 1. The lowest BCUT2D eigenvalue weighted by atomic mass is 10.2. The van der Waals surface area contributed by atoms with Gasteiger partial charge in [0.05, 0.1) is 12.1 Å². The Bertz CT molecular complexity index is 420. The highest BCUT2D eigenvalue weighted by Crippen LogP contribution is 2.16. The first kappa shape index (κ1) is 15.1. The topological polar surface area (TPSA) is 79.3 Å². The van der Waals surface area contributed by atoms with Crippen molar-refractivity contribution in [2.45, 2.75) is 31.4 Å². The second-order valence-corrected chi connectivity index (χ2v) is 6.72. The summed E-state index contributed by atoms with van der Waals surface area (Å²) in [6, 6.07) is 0. The number of carboxylic acids is 1. The fourth-order valence-corrected chi connectivity index (χ4v) is 2.51. The number of carboxylic acid groups (broad SMARTS) is 1. The van der Waals surface area contributed by atoms with E-state index in [0.717, 1.165) is 23.8 Å². The van der Waals surface area contributed by atoms with Crippen LogP contribution in [0, 0.1) is 0 Å². The molecule has 1 heterocycles. The summed E-state index contributed by atoms with van der Waals surface area (Å²) in [5.74, 6) is -0.809. The van der Waals surface area contributed by atoms with Gasteiger partial charge in [0.25, 0.3) is 0 Å². The predicted molar refractivity (Wildman–Crippen MR) is 74.7 cm³/mol. The number of rotatable bonds is 8. The van der Waals surface area contributed by atoms with E-state index >= 15 is 0 Å². The smallest absolute Gasteiger partial charge is 0.303 e. The Kier molecular flexibility index (Phi) is 6.28. The Morgan fingerprint density at radius 1 is 1.67 bits per heavy atom. The van der Waals surface area contributed by atoms with Crippen LogP contribution in [0.4, 0.5) is 5.13 Å². The zero-order chi connectivity index (χ0) is 13.5. The number of nitrogens with zero attached hydrogens (tertiary/aromatic N) is 1. The summed E-state index contributed by atoms with van der Waals surface area (Å²) < 4.78 is 11.2. The van der Waals surface area contributed by atoms with Gasteiger partial charge in [0, 0.05) is 40.7 Å². The zero-order valence-corrected chi connectivity index (χ0v) is 12.1. The monoisotopic (exact) mass is 290 g/mol. The molecule has 0 amide bonds. The molecule has 0 aliphatic rings. The lowest BCUT2D eigenvalue weighted by molar-refractivity contribution is -0.136. The van der Waals surface area contributed by atoms with Crippen molar-refractivity contribution >= 4 is 33.2 Å². The number of nitrogens with one attached hydrogen (secondary N) is 1. The van der Waals surface area contributed by atoms with Crippen LogP contribution < -0.4 is 5.32 Å². The standard InChI is InChI=1S/C11H18N2O3S2/c1-8(18(2)16)5-6-12-11-13-9(7-17-11)3-4-10(14)15/h7-8H,3-6H2,1-2H3,(H,12,13)(H,14,15). The molecule has 1 aromatic heterocycles. The van der Waals surface area contributed by atoms with E-state index in [1.165, 1.54) is 11.3 Å². The average Bonchev–Trinajstić information content (AvgIpc) is 2.74. The SMILES string of the molecule is CC(CCNc1nc(CCC(=O)O)cs1)S(C)=O. The number of hydrogen-bond acceptors (Lipinski definition) is 5. The first-order chi connectivity index (χ1) is 8.49.